The molecule has 5 atom stereocenters. The van der Waals surface area contributed by atoms with E-state index in [4.69, 9.17) is 14.2 Å². The summed E-state index contributed by atoms with van der Waals surface area (Å²) in [7, 11) is 1.68. The van der Waals surface area contributed by atoms with E-state index in [9.17, 15) is 24.8 Å². The number of aliphatic hydroxyl groups excluding tert-OH is 4. The van der Waals surface area contributed by atoms with Crippen molar-refractivity contribution < 1.29 is 39.0 Å². The number of rotatable bonds is 5. The van der Waals surface area contributed by atoms with Crippen LogP contribution in [0, 0.1) is 5.82 Å². The Balaban J connectivity index is 1.74. The molecule has 1 aromatic carbocycles. The minimum absolute atomic E-state index is 0.0466. The fraction of sp³-hybridized carbons (Fsp3) is 0.684. The lowest BCUT2D eigenvalue weighted by Gasteiger charge is -2.40. The molecular formula is C19H27FO7. The first kappa shape index (κ1) is 20.4. The molecule has 1 aromatic rings. The smallest absolute Gasteiger partial charge is 0.165 e. The van der Waals surface area contributed by atoms with E-state index in [1.54, 1.807) is 7.11 Å². The fourth-order valence-corrected chi connectivity index (χ4v) is 3.73. The number of benzene rings is 1. The molecule has 1 aliphatic carbocycles. The minimum Gasteiger partial charge on any atom is -0.487 e. The Morgan fingerprint density at radius 3 is 2.33 bits per heavy atom. The molecule has 0 spiro atoms. The molecular weight excluding hydrogens is 359 g/mol. The Morgan fingerprint density at radius 2 is 1.70 bits per heavy atom. The van der Waals surface area contributed by atoms with Crippen LogP contribution in [0.15, 0.2) is 18.2 Å². The summed E-state index contributed by atoms with van der Waals surface area (Å²) in [6.07, 6.45) is -3.12. The van der Waals surface area contributed by atoms with Gasteiger partial charge in [0.05, 0.1) is 18.8 Å². The standard InChI is InChI=1S/C19H27FO7/c1-25-11-3-5-12(6-4-11)26-14-8-10(2-7-13(14)20)19-18(24)17(23)16(22)15(9-21)27-19/h2,7-8,11-12,15-19,21-24H,3-6,9H2,1H3/t11?,12?,15-,16-,17?,18-,19+/m1/s1. The highest BCUT2D eigenvalue weighted by molar-refractivity contribution is 5.33. The van der Waals surface area contributed by atoms with E-state index >= 15 is 0 Å². The summed E-state index contributed by atoms with van der Waals surface area (Å²) in [6.45, 7) is -0.519. The average molecular weight is 386 g/mol. The lowest BCUT2D eigenvalue weighted by atomic mass is 9.91. The van der Waals surface area contributed by atoms with Crippen LogP contribution in [0.4, 0.5) is 4.39 Å². The Bertz CT molecular complexity index is 618. The van der Waals surface area contributed by atoms with Gasteiger partial charge >= 0.3 is 0 Å². The van der Waals surface area contributed by atoms with Gasteiger partial charge in [-0.15, -0.1) is 0 Å². The maximum absolute atomic E-state index is 14.2. The molecule has 152 valence electrons. The maximum Gasteiger partial charge on any atom is 0.165 e. The zero-order valence-corrected chi connectivity index (χ0v) is 15.2. The predicted molar refractivity (Wildman–Crippen MR) is 92.8 cm³/mol. The van der Waals surface area contributed by atoms with Gasteiger partial charge in [0, 0.05) is 7.11 Å². The summed E-state index contributed by atoms with van der Waals surface area (Å²) in [4.78, 5) is 0. The molecule has 27 heavy (non-hydrogen) atoms. The molecule has 3 rings (SSSR count). The average Bonchev–Trinajstić information content (AvgIpc) is 2.69. The molecule has 1 saturated heterocycles. The summed E-state index contributed by atoms with van der Waals surface area (Å²) in [5.41, 5.74) is 0.397. The molecule has 0 amide bonds. The summed E-state index contributed by atoms with van der Waals surface area (Å²) in [5.74, 6) is -0.484. The molecule has 1 aliphatic heterocycles. The van der Waals surface area contributed by atoms with Crippen molar-refractivity contribution in [3.63, 3.8) is 0 Å². The quantitative estimate of drug-likeness (QED) is 0.589. The third-order valence-electron chi connectivity index (χ3n) is 5.42. The van der Waals surface area contributed by atoms with Crippen molar-refractivity contribution in [2.45, 2.75) is 68.4 Å². The second kappa shape index (κ2) is 8.81. The monoisotopic (exact) mass is 386 g/mol. The van der Waals surface area contributed by atoms with Gasteiger partial charge in [-0.25, -0.2) is 4.39 Å². The van der Waals surface area contributed by atoms with E-state index in [1.807, 2.05) is 0 Å². The number of halogens is 1. The maximum atomic E-state index is 14.2. The van der Waals surface area contributed by atoms with Crippen molar-refractivity contribution >= 4 is 0 Å². The van der Waals surface area contributed by atoms with Crippen LogP contribution in [0.5, 0.6) is 5.75 Å². The topological polar surface area (TPSA) is 109 Å². The van der Waals surface area contributed by atoms with Gasteiger partial charge in [-0.3, -0.25) is 0 Å². The largest absolute Gasteiger partial charge is 0.487 e. The normalized spacial score (nSPS) is 37.2. The zero-order valence-electron chi connectivity index (χ0n) is 15.2. The van der Waals surface area contributed by atoms with E-state index in [2.05, 4.69) is 0 Å². The Morgan fingerprint density at radius 1 is 1.04 bits per heavy atom. The molecule has 2 fully saturated rings. The lowest BCUT2D eigenvalue weighted by Crippen LogP contribution is -2.55. The lowest BCUT2D eigenvalue weighted by molar-refractivity contribution is -0.231. The molecule has 1 heterocycles. The Hall–Kier alpha value is -1.29. The molecule has 1 unspecified atom stereocenters. The van der Waals surface area contributed by atoms with E-state index in [0.717, 1.165) is 25.7 Å². The van der Waals surface area contributed by atoms with Crippen molar-refractivity contribution in [3.8, 4) is 5.75 Å². The van der Waals surface area contributed by atoms with Crippen LogP contribution in [-0.4, -0.2) is 70.8 Å². The van der Waals surface area contributed by atoms with Crippen molar-refractivity contribution in [1.82, 2.24) is 0 Å². The number of ether oxygens (including phenoxy) is 3. The minimum atomic E-state index is -1.49. The van der Waals surface area contributed by atoms with Gasteiger partial charge in [-0.2, -0.15) is 0 Å². The van der Waals surface area contributed by atoms with Gasteiger partial charge in [-0.05, 0) is 43.4 Å². The molecule has 7 nitrogen and oxygen atoms in total. The highest BCUT2D eigenvalue weighted by Crippen LogP contribution is 2.35. The Kier molecular flexibility index (Phi) is 6.67. The first-order valence-corrected chi connectivity index (χ1v) is 9.24. The van der Waals surface area contributed by atoms with Gasteiger partial charge in [0.25, 0.3) is 0 Å². The van der Waals surface area contributed by atoms with Crippen LogP contribution in [0.2, 0.25) is 0 Å². The molecule has 0 aromatic heterocycles. The summed E-state index contributed by atoms with van der Waals surface area (Å²) < 4.78 is 30.9. The first-order valence-electron chi connectivity index (χ1n) is 9.24. The molecule has 0 radical (unpaired) electrons. The third-order valence-corrected chi connectivity index (χ3v) is 5.42. The second-order valence-corrected chi connectivity index (χ2v) is 7.19. The number of aliphatic hydroxyl groups is 4. The molecule has 1 saturated carbocycles. The predicted octanol–water partition coefficient (Wildman–Crippen LogP) is 0.677. The molecule has 4 N–H and O–H groups in total. The summed E-state index contributed by atoms with van der Waals surface area (Å²) >= 11 is 0. The first-order chi connectivity index (χ1) is 12.9. The van der Waals surface area contributed by atoms with Gasteiger partial charge in [0.15, 0.2) is 11.6 Å². The van der Waals surface area contributed by atoms with Gasteiger partial charge in [0.1, 0.15) is 30.5 Å². The number of hydrogen-bond acceptors (Lipinski definition) is 7. The van der Waals surface area contributed by atoms with E-state index in [1.165, 1.54) is 18.2 Å². The third kappa shape index (κ3) is 4.42. The molecule has 8 heteroatoms. The zero-order chi connectivity index (χ0) is 19.6. The highest BCUT2D eigenvalue weighted by atomic mass is 19.1. The van der Waals surface area contributed by atoms with E-state index < -0.39 is 42.9 Å². The van der Waals surface area contributed by atoms with Crippen molar-refractivity contribution in [2.24, 2.45) is 0 Å². The SMILES string of the molecule is COC1CCC(Oc2cc([C@@H]3O[C@H](CO)[C@@H](O)C(O)[C@H]3O)ccc2F)CC1. The number of hydrogen-bond donors (Lipinski definition) is 4. The van der Waals surface area contributed by atoms with E-state index in [-0.39, 0.29) is 18.0 Å². The Labute approximate surface area is 157 Å². The molecule has 2 aliphatic rings. The number of methoxy groups -OCH3 is 1. The van der Waals surface area contributed by atoms with E-state index in [0.29, 0.717) is 5.56 Å². The summed E-state index contributed by atoms with van der Waals surface area (Å²) in [6, 6.07) is 4.08. The summed E-state index contributed by atoms with van der Waals surface area (Å²) in [5, 5.41) is 39.4. The van der Waals surface area contributed by atoms with Crippen LogP contribution in [-0.2, 0) is 9.47 Å². The van der Waals surface area contributed by atoms with Crippen LogP contribution in [0.3, 0.4) is 0 Å². The second-order valence-electron chi connectivity index (χ2n) is 7.19. The highest BCUT2D eigenvalue weighted by Gasteiger charge is 2.44. The van der Waals surface area contributed by atoms with Crippen LogP contribution in [0.1, 0.15) is 37.4 Å². The fourth-order valence-electron chi connectivity index (χ4n) is 3.73. The van der Waals surface area contributed by atoms with Crippen LogP contribution >= 0.6 is 0 Å². The van der Waals surface area contributed by atoms with Crippen molar-refractivity contribution in [1.29, 1.82) is 0 Å². The van der Waals surface area contributed by atoms with Crippen molar-refractivity contribution in [2.75, 3.05) is 13.7 Å². The van der Waals surface area contributed by atoms with Crippen LogP contribution < -0.4 is 4.74 Å². The van der Waals surface area contributed by atoms with Gasteiger partial charge < -0.3 is 34.6 Å². The van der Waals surface area contributed by atoms with Gasteiger partial charge in [0.2, 0.25) is 0 Å². The molecule has 0 bridgehead atoms. The van der Waals surface area contributed by atoms with Crippen molar-refractivity contribution in [3.05, 3.63) is 29.6 Å². The van der Waals surface area contributed by atoms with Gasteiger partial charge in [-0.1, -0.05) is 6.07 Å². The van der Waals surface area contributed by atoms with Crippen LogP contribution in [0.25, 0.3) is 0 Å².